The lowest BCUT2D eigenvalue weighted by molar-refractivity contribution is -0.141. The molecule has 3 fully saturated rings. The highest BCUT2D eigenvalue weighted by Gasteiger charge is 2.68. The molecule has 3 aromatic rings. The Labute approximate surface area is 261 Å². The third-order valence-electron chi connectivity index (χ3n) is 9.97. The number of hydrogen-bond donors (Lipinski definition) is 1. The molecule has 44 heavy (non-hydrogen) atoms. The second kappa shape index (κ2) is 10.3. The van der Waals surface area contributed by atoms with Gasteiger partial charge in [-0.15, -0.1) is 11.3 Å². The van der Waals surface area contributed by atoms with Crippen molar-refractivity contribution in [2.45, 2.75) is 32.2 Å². The van der Waals surface area contributed by atoms with Gasteiger partial charge in [-0.2, -0.15) is 0 Å². The van der Waals surface area contributed by atoms with E-state index in [1.165, 1.54) is 41.5 Å². The number of carbonyl (C=O) groups is 4. The number of imide groups is 2. The summed E-state index contributed by atoms with van der Waals surface area (Å²) < 4.78 is 19.5. The van der Waals surface area contributed by atoms with Crippen LogP contribution in [0.25, 0.3) is 0 Å². The molecule has 6 atom stereocenters. The number of anilines is 1. The fourth-order valence-corrected chi connectivity index (χ4v) is 8.77. The Hall–Kier alpha value is -4.02. The van der Waals surface area contributed by atoms with Crippen LogP contribution in [0.15, 0.2) is 65.6 Å². The van der Waals surface area contributed by atoms with E-state index in [-0.39, 0.29) is 41.2 Å². The fraction of sp³-hybridized carbons (Fsp3) is 0.333. The molecule has 2 saturated heterocycles. The largest absolute Gasteiger partial charge is 0.508 e. The molecule has 2 aromatic carbocycles. The normalized spacial score (nSPS) is 29.5. The Balaban J connectivity index is 1.37. The zero-order valence-electron chi connectivity index (χ0n) is 23.8. The molecule has 1 N–H and O–H groups in total. The first-order valence-corrected chi connectivity index (χ1v) is 15.6. The van der Waals surface area contributed by atoms with E-state index in [4.69, 9.17) is 16.3 Å². The summed E-state index contributed by atoms with van der Waals surface area (Å²) in [6.07, 6.45) is 2.38. The molecular formula is C33H28ClFN2O6S. The van der Waals surface area contributed by atoms with Gasteiger partial charge in [0.15, 0.2) is 0 Å². The molecule has 1 aromatic heterocycles. The van der Waals surface area contributed by atoms with Gasteiger partial charge < -0.3 is 9.84 Å². The number of allylic oxidation sites excluding steroid dienone is 2. The molecule has 0 bridgehead atoms. The van der Waals surface area contributed by atoms with Crippen LogP contribution in [-0.4, -0.2) is 40.7 Å². The van der Waals surface area contributed by atoms with Gasteiger partial charge in [0.25, 0.3) is 0 Å². The van der Waals surface area contributed by atoms with Crippen molar-refractivity contribution >= 4 is 52.3 Å². The molecule has 8 nitrogen and oxygen atoms in total. The first-order chi connectivity index (χ1) is 21.1. The van der Waals surface area contributed by atoms with E-state index < -0.39 is 52.6 Å². The predicted molar refractivity (Wildman–Crippen MR) is 161 cm³/mol. The van der Waals surface area contributed by atoms with Crippen LogP contribution in [-0.2, 0) is 25.7 Å². The van der Waals surface area contributed by atoms with Gasteiger partial charge in [0, 0.05) is 16.4 Å². The van der Waals surface area contributed by atoms with E-state index >= 15 is 0 Å². The average Bonchev–Trinajstić information content (AvgIpc) is 3.66. The molecule has 1 saturated carbocycles. The van der Waals surface area contributed by atoms with Crippen LogP contribution in [0.5, 0.6) is 11.5 Å². The van der Waals surface area contributed by atoms with E-state index in [0.717, 1.165) is 21.4 Å². The van der Waals surface area contributed by atoms with Crippen LogP contribution in [0, 0.1) is 34.9 Å². The van der Waals surface area contributed by atoms with Gasteiger partial charge in [-0.25, -0.2) is 9.29 Å². The number of methoxy groups -OCH3 is 1. The van der Waals surface area contributed by atoms with Crippen LogP contribution in [0.1, 0.15) is 36.1 Å². The highest BCUT2D eigenvalue weighted by molar-refractivity contribution is 7.09. The Kier molecular flexibility index (Phi) is 6.71. The van der Waals surface area contributed by atoms with Crippen molar-refractivity contribution in [3.63, 3.8) is 0 Å². The number of phenols is 1. The first-order valence-electron chi connectivity index (χ1n) is 14.3. The SMILES string of the molecule is COc1ccc(O)c([C@H]2C3=CC[C@@H]4C(=O)N(Cc5cccs5)C(=O)[C@@H]4[C@@H]3C[C@H]3C(=O)N(c4ccc(F)c(Cl)c4)C(=O)[C@@]23C)c1. The number of amides is 4. The van der Waals surface area contributed by atoms with Crippen LogP contribution in [0.4, 0.5) is 10.1 Å². The van der Waals surface area contributed by atoms with Gasteiger partial charge >= 0.3 is 0 Å². The summed E-state index contributed by atoms with van der Waals surface area (Å²) in [5, 5.41) is 12.9. The van der Waals surface area contributed by atoms with Gasteiger partial charge in [-0.1, -0.05) is 29.3 Å². The second-order valence-corrected chi connectivity index (χ2v) is 13.5. The zero-order chi connectivity index (χ0) is 31.1. The van der Waals surface area contributed by atoms with Crippen molar-refractivity contribution in [2.24, 2.45) is 29.1 Å². The summed E-state index contributed by atoms with van der Waals surface area (Å²) in [6.45, 7) is 1.89. The molecule has 0 spiro atoms. The summed E-state index contributed by atoms with van der Waals surface area (Å²) in [5.74, 6) is -5.40. The number of thiophene rings is 1. The number of aromatic hydroxyl groups is 1. The molecule has 3 heterocycles. The summed E-state index contributed by atoms with van der Waals surface area (Å²) in [7, 11) is 1.49. The minimum atomic E-state index is -1.38. The number of likely N-dealkylation sites (tertiary alicyclic amines) is 1. The van der Waals surface area contributed by atoms with E-state index in [1.807, 2.05) is 23.6 Å². The van der Waals surface area contributed by atoms with Crippen LogP contribution in [0.2, 0.25) is 5.02 Å². The lowest BCUT2D eigenvalue weighted by Crippen LogP contribution is -2.48. The maximum absolute atomic E-state index is 14.5. The molecule has 0 unspecified atom stereocenters. The van der Waals surface area contributed by atoms with Crippen LogP contribution >= 0.6 is 22.9 Å². The quantitative estimate of drug-likeness (QED) is 0.286. The van der Waals surface area contributed by atoms with E-state index in [1.54, 1.807) is 19.1 Å². The van der Waals surface area contributed by atoms with E-state index in [0.29, 0.717) is 17.7 Å². The van der Waals surface area contributed by atoms with Gasteiger partial charge in [-0.3, -0.25) is 24.1 Å². The molecule has 4 aliphatic rings. The second-order valence-electron chi connectivity index (χ2n) is 12.0. The Morgan fingerprint density at radius 2 is 1.86 bits per heavy atom. The third kappa shape index (κ3) is 4.00. The van der Waals surface area contributed by atoms with Gasteiger partial charge in [0.1, 0.15) is 17.3 Å². The molecule has 11 heteroatoms. The number of benzene rings is 2. The molecule has 0 radical (unpaired) electrons. The number of phenolic OH excluding ortho intramolecular Hbond substituents is 1. The van der Waals surface area contributed by atoms with E-state index in [2.05, 4.69) is 0 Å². The monoisotopic (exact) mass is 634 g/mol. The number of nitrogens with zero attached hydrogens (tertiary/aromatic N) is 2. The Bertz CT molecular complexity index is 1780. The number of carbonyl (C=O) groups excluding carboxylic acids is 4. The highest BCUT2D eigenvalue weighted by atomic mass is 35.5. The van der Waals surface area contributed by atoms with Gasteiger partial charge in [-0.05, 0) is 73.5 Å². The Morgan fingerprint density at radius 3 is 2.57 bits per heavy atom. The number of fused-ring (bicyclic) bond motifs is 4. The average molecular weight is 635 g/mol. The number of hydrogen-bond acceptors (Lipinski definition) is 7. The molecule has 7 rings (SSSR count). The van der Waals surface area contributed by atoms with Crippen molar-refractivity contribution in [3.8, 4) is 11.5 Å². The Morgan fingerprint density at radius 1 is 1.07 bits per heavy atom. The lowest BCUT2D eigenvalue weighted by Gasteiger charge is -2.49. The van der Waals surface area contributed by atoms with Crippen LogP contribution in [0.3, 0.4) is 0 Å². The minimum Gasteiger partial charge on any atom is -0.508 e. The number of halogens is 2. The maximum atomic E-state index is 14.5. The van der Waals surface area contributed by atoms with Crippen molar-refractivity contribution in [2.75, 3.05) is 12.0 Å². The summed E-state index contributed by atoms with van der Waals surface area (Å²) >= 11 is 7.52. The van der Waals surface area contributed by atoms with Crippen molar-refractivity contribution < 1.29 is 33.4 Å². The van der Waals surface area contributed by atoms with Crippen molar-refractivity contribution in [1.82, 2.24) is 4.90 Å². The van der Waals surface area contributed by atoms with Gasteiger partial charge in [0.05, 0.1) is 47.5 Å². The lowest BCUT2D eigenvalue weighted by atomic mass is 9.51. The standard InChI is InChI=1S/C33H28ClFN2O6S/c1-33-23(30(40)37(32(33)42)16-5-9-25(35)24(34)12-16)14-21-19(28(33)22-13-17(43-2)6-10-26(22)38)7-8-20-27(21)31(41)36(29(20)39)15-18-4-3-11-44-18/h3-7,9-13,20-21,23,27-28,38H,8,14-15H2,1-2H3/t20-,21+,23-,27-,28+,33+/m0/s1. The highest BCUT2D eigenvalue weighted by Crippen LogP contribution is 2.64. The minimum absolute atomic E-state index is 0.0869. The molecule has 2 aliphatic heterocycles. The molecular weight excluding hydrogens is 607 g/mol. The maximum Gasteiger partial charge on any atom is 0.241 e. The smallest absolute Gasteiger partial charge is 0.241 e. The molecule has 226 valence electrons. The van der Waals surface area contributed by atoms with Crippen LogP contribution < -0.4 is 9.64 Å². The third-order valence-corrected chi connectivity index (χ3v) is 11.1. The van der Waals surface area contributed by atoms with Gasteiger partial charge in [0.2, 0.25) is 23.6 Å². The number of rotatable bonds is 5. The summed E-state index contributed by atoms with van der Waals surface area (Å²) in [4.78, 5) is 59.6. The predicted octanol–water partition coefficient (Wildman–Crippen LogP) is 5.69. The first kappa shape index (κ1) is 28.7. The summed E-state index contributed by atoms with van der Waals surface area (Å²) in [5.41, 5.74) is -0.106. The fourth-order valence-electron chi connectivity index (χ4n) is 7.90. The summed E-state index contributed by atoms with van der Waals surface area (Å²) in [6, 6.07) is 12.2. The molecule has 4 amide bonds. The zero-order valence-corrected chi connectivity index (χ0v) is 25.4. The van der Waals surface area contributed by atoms with Crippen molar-refractivity contribution in [1.29, 1.82) is 0 Å². The number of ether oxygens (including phenoxy) is 1. The topological polar surface area (TPSA) is 104 Å². The van der Waals surface area contributed by atoms with Crippen molar-refractivity contribution in [3.05, 3.63) is 86.8 Å². The molecule has 2 aliphatic carbocycles. The van der Waals surface area contributed by atoms with E-state index in [9.17, 15) is 28.7 Å².